The summed E-state index contributed by atoms with van der Waals surface area (Å²) < 4.78 is 10.3. The molecule has 0 spiro atoms. The number of nitrogens with zero attached hydrogens (tertiary/aromatic N) is 3. The van der Waals surface area contributed by atoms with Crippen LogP contribution in [-0.4, -0.2) is 26.7 Å². The van der Waals surface area contributed by atoms with Crippen LogP contribution < -0.4 is 5.43 Å². The van der Waals surface area contributed by atoms with Crippen LogP contribution in [0.3, 0.4) is 0 Å². The highest BCUT2D eigenvalue weighted by Crippen LogP contribution is 2.33. The quantitative estimate of drug-likeness (QED) is 0.613. The Hall–Kier alpha value is -1.41. The molecule has 2 aromatic rings. The van der Waals surface area contributed by atoms with E-state index in [1.165, 1.54) is 6.07 Å². The first-order valence-corrected chi connectivity index (χ1v) is 9.49. The Morgan fingerprint density at radius 3 is 2.52 bits per heavy atom. The van der Waals surface area contributed by atoms with E-state index in [1.807, 2.05) is 15.3 Å². The Labute approximate surface area is 163 Å². The van der Waals surface area contributed by atoms with Crippen molar-refractivity contribution < 1.29 is 9.53 Å². The lowest BCUT2D eigenvalue weighted by atomic mass is 9.86. The van der Waals surface area contributed by atoms with Gasteiger partial charge in [-0.15, -0.1) is 0 Å². The number of esters is 1. The second-order valence-electron chi connectivity index (χ2n) is 6.76. The van der Waals surface area contributed by atoms with Crippen molar-refractivity contribution in [3.05, 3.63) is 49.8 Å². The van der Waals surface area contributed by atoms with Gasteiger partial charge in [0, 0.05) is 31.2 Å². The summed E-state index contributed by atoms with van der Waals surface area (Å²) in [6.45, 7) is 8.89. The summed E-state index contributed by atoms with van der Waals surface area (Å²) in [6.07, 6.45) is 5.18. The molecular formula is C17H21Br2N3O3. The normalized spacial score (nSPS) is 12.9. The van der Waals surface area contributed by atoms with Crippen molar-refractivity contribution in [1.82, 2.24) is 14.1 Å². The Bertz CT molecular complexity index is 821. The van der Waals surface area contributed by atoms with Crippen LogP contribution in [0.1, 0.15) is 44.1 Å². The number of rotatable bonds is 5. The standard InChI is InChI=1S/C17H21Br2N3O3/c1-5-25-15(24)11-8-21(7-6-12(11)23)13(17(2,3)4)9-22-10-14(18)20-16(22)19/h6-8,10,13H,5,9H2,1-4H3/t13-/m0/s1. The van der Waals surface area contributed by atoms with Crippen LogP contribution in [0.25, 0.3) is 0 Å². The maximum Gasteiger partial charge on any atom is 0.343 e. The maximum absolute atomic E-state index is 12.0. The van der Waals surface area contributed by atoms with Crippen molar-refractivity contribution in [2.45, 2.75) is 40.3 Å². The van der Waals surface area contributed by atoms with Gasteiger partial charge in [-0.05, 0) is 44.2 Å². The highest BCUT2D eigenvalue weighted by atomic mass is 79.9. The topological polar surface area (TPSA) is 66.1 Å². The molecule has 0 aromatic carbocycles. The van der Waals surface area contributed by atoms with Crippen molar-refractivity contribution in [2.75, 3.05) is 6.61 Å². The molecule has 0 unspecified atom stereocenters. The van der Waals surface area contributed by atoms with Gasteiger partial charge < -0.3 is 13.9 Å². The van der Waals surface area contributed by atoms with Crippen molar-refractivity contribution in [3.63, 3.8) is 0 Å². The molecule has 8 heteroatoms. The molecule has 0 amide bonds. The van der Waals surface area contributed by atoms with E-state index in [9.17, 15) is 9.59 Å². The highest BCUT2D eigenvalue weighted by molar-refractivity contribution is 9.11. The van der Waals surface area contributed by atoms with E-state index in [0.717, 1.165) is 4.60 Å². The van der Waals surface area contributed by atoms with Crippen molar-refractivity contribution in [3.8, 4) is 0 Å². The second kappa shape index (κ2) is 7.86. The molecule has 2 rings (SSSR count). The molecule has 2 aromatic heterocycles. The predicted molar refractivity (Wildman–Crippen MR) is 103 cm³/mol. The highest BCUT2D eigenvalue weighted by Gasteiger charge is 2.28. The Kier molecular flexibility index (Phi) is 6.26. The number of halogens is 2. The van der Waals surface area contributed by atoms with E-state index in [0.29, 0.717) is 11.3 Å². The number of carbonyl (C=O) groups excluding carboxylic acids is 1. The van der Waals surface area contributed by atoms with E-state index in [2.05, 4.69) is 57.6 Å². The van der Waals surface area contributed by atoms with Crippen LogP contribution in [-0.2, 0) is 11.3 Å². The lowest BCUT2D eigenvalue weighted by Crippen LogP contribution is -2.30. The summed E-state index contributed by atoms with van der Waals surface area (Å²) in [5, 5.41) is 0. The zero-order valence-electron chi connectivity index (χ0n) is 14.6. The zero-order valence-corrected chi connectivity index (χ0v) is 17.8. The van der Waals surface area contributed by atoms with Gasteiger partial charge in [0.2, 0.25) is 0 Å². The van der Waals surface area contributed by atoms with Gasteiger partial charge in [-0.3, -0.25) is 4.79 Å². The lowest BCUT2D eigenvalue weighted by molar-refractivity contribution is 0.0522. The molecule has 25 heavy (non-hydrogen) atoms. The van der Waals surface area contributed by atoms with Gasteiger partial charge in [0.15, 0.2) is 10.2 Å². The molecule has 0 radical (unpaired) electrons. The molecule has 0 aliphatic rings. The molecule has 0 aliphatic carbocycles. The third-order valence-corrected chi connectivity index (χ3v) is 4.88. The minimum absolute atomic E-state index is 0.0151. The van der Waals surface area contributed by atoms with Crippen LogP contribution in [0, 0.1) is 5.41 Å². The molecule has 136 valence electrons. The number of pyridine rings is 1. The molecule has 0 saturated heterocycles. The number of hydrogen-bond acceptors (Lipinski definition) is 4. The van der Waals surface area contributed by atoms with Gasteiger partial charge in [-0.25, -0.2) is 9.78 Å². The van der Waals surface area contributed by atoms with Crippen LogP contribution >= 0.6 is 31.9 Å². The molecule has 0 fully saturated rings. The Balaban J connectivity index is 2.45. The average molecular weight is 475 g/mol. The zero-order chi connectivity index (χ0) is 18.8. The molecule has 6 nitrogen and oxygen atoms in total. The summed E-state index contributed by atoms with van der Waals surface area (Å²) in [6, 6.07) is 1.39. The maximum atomic E-state index is 12.0. The SMILES string of the molecule is CCOC(=O)c1cn([C@@H](Cn2cc(Br)nc2Br)C(C)(C)C)ccc1=O. The fourth-order valence-electron chi connectivity index (χ4n) is 2.55. The van der Waals surface area contributed by atoms with Gasteiger partial charge in [-0.1, -0.05) is 20.8 Å². The largest absolute Gasteiger partial charge is 0.462 e. The first-order chi connectivity index (χ1) is 11.6. The van der Waals surface area contributed by atoms with E-state index < -0.39 is 5.97 Å². The average Bonchev–Trinajstić information content (AvgIpc) is 2.82. The molecule has 0 saturated carbocycles. The van der Waals surface area contributed by atoms with E-state index in [1.54, 1.807) is 19.3 Å². The summed E-state index contributed by atoms with van der Waals surface area (Å²) in [5.41, 5.74) is -0.421. The minimum atomic E-state index is -0.596. The lowest BCUT2D eigenvalue weighted by Gasteiger charge is -2.33. The van der Waals surface area contributed by atoms with Gasteiger partial charge in [0.1, 0.15) is 10.2 Å². The Morgan fingerprint density at radius 1 is 1.32 bits per heavy atom. The first kappa shape index (κ1) is 19.9. The molecule has 2 heterocycles. The minimum Gasteiger partial charge on any atom is -0.462 e. The fraction of sp³-hybridized carbons (Fsp3) is 0.471. The fourth-order valence-corrected chi connectivity index (χ4v) is 3.64. The van der Waals surface area contributed by atoms with E-state index in [-0.39, 0.29) is 29.1 Å². The number of ether oxygens (including phenoxy) is 1. The molecule has 1 atom stereocenters. The molecule has 0 bridgehead atoms. The van der Waals surface area contributed by atoms with Crippen molar-refractivity contribution >= 4 is 37.8 Å². The monoisotopic (exact) mass is 473 g/mol. The number of hydrogen-bond donors (Lipinski definition) is 0. The van der Waals surface area contributed by atoms with Gasteiger partial charge in [0.05, 0.1) is 12.6 Å². The predicted octanol–water partition coefficient (Wildman–Crippen LogP) is 4.03. The Morgan fingerprint density at radius 2 is 2.00 bits per heavy atom. The van der Waals surface area contributed by atoms with Crippen molar-refractivity contribution in [2.24, 2.45) is 5.41 Å². The summed E-state index contributed by atoms with van der Waals surface area (Å²) in [5.74, 6) is -0.596. The number of aromatic nitrogens is 3. The van der Waals surface area contributed by atoms with Crippen LogP contribution in [0.2, 0.25) is 0 Å². The van der Waals surface area contributed by atoms with Crippen molar-refractivity contribution in [1.29, 1.82) is 0 Å². The third kappa shape index (κ3) is 4.82. The van der Waals surface area contributed by atoms with Gasteiger partial charge in [-0.2, -0.15) is 0 Å². The molecule has 0 N–H and O–H groups in total. The first-order valence-electron chi connectivity index (χ1n) is 7.90. The van der Waals surface area contributed by atoms with E-state index >= 15 is 0 Å². The summed E-state index contributed by atoms with van der Waals surface area (Å²) in [7, 11) is 0. The molecule has 0 aliphatic heterocycles. The summed E-state index contributed by atoms with van der Waals surface area (Å²) in [4.78, 5) is 28.4. The number of carbonyl (C=O) groups is 1. The van der Waals surface area contributed by atoms with Gasteiger partial charge >= 0.3 is 5.97 Å². The van der Waals surface area contributed by atoms with E-state index in [4.69, 9.17) is 4.74 Å². The summed E-state index contributed by atoms with van der Waals surface area (Å²) >= 11 is 6.81. The van der Waals surface area contributed by atoms with Gasteiger partial charge in [0.25, 0.3) is 0 Å². The van der Waals surface area contributed by atoms with Crippen LogP contribution in [0.5, 0.6) is 0 Å². The third-order valence-electron chi connectivity index (χ3n) is 3.86. The molecular weight excluding hydrogens is 454 g/mol. The number of imidazole rings is 1. The van der Waals surface area contributed by atoms with Crippen LogP contribution in [0.15, 0.2) is 38.8 Å². The second-order valence-corrected chi connectivity index (χ2v) is 8.28. The van der Waals surface area contributed by atoms with Crippen LogP contribution in [0.4, 0.5) is 0 Å². The smallest absolute Gasteiger partial charge is 0.343 e.